The molecule has 0 aromatic carbocycles. The molecule has 18 heavy (non-hydrogen) atoms. The van der Waals surface area contributed by atoms with Crippen LogP contribution in [-0.4, -0.2) is 50.3 Å². The fourth-order valence-corrected chi connectivity index (χ4v) is 2.50. The fourth-order valence-electron chi connectivity index (χ4n) is 2.50. The van der Waals surface area contributed by atoms with Gasteiger partial charge in [-0.15, -0.1) is 0 Å². The summed E-state index contributed by atoms with van der Waals surface area (Å²) in [5.41, 5.74) is 0. The third-order valence-electron chi connectivity index (χ3n) is 3.79. The average molecular weight is 256 g/mol. The molecule has 1 unspecified atom stereocenters. The van der Waals surface area contributed by atoms with Crippen molar-refractivity contribution in [3.05, 3.63) is 0 Å². The Balaban J connectivity index is 2.17. The molecular formula is C15H32N2O. The number of piperidine rings is 1. The highest BCUT2D eigenvalue weighted by atomic mass is 16.5. The van der Waals surface area contributed by atoms with E-state index < -0.39 is 0 Å². The van der Waals surface area contributed by atoms with Crippen molar-refractivity contribution >= 4 is 0 Å². The van der Waals surface area contributed by atoms with Gasteiger partial charge in [-0.2, -0.15) is 0 Å². The third-order valence-corrected chi connectivity index (χ3v) is 3.79. The summed E-state index contributed by atoms with van der Waals surface area (Å²) in [5, 5.41) is 3.51. The van der Waals surface area contributed by atoms with Gasteiger partial charge >= 0.3 is 0 Å². The van der Waals surface area contributed by atoms with Crippen molar-refractivity contribution in [1.82, 2.24) is 10.2 Å². The number of ether oxygens (including phenoxy) is 1. The van der Waals surface area contributed by atoms with Gasteiger partial charge in [0.2, 0.25) is 0 Å². The molecule has 0 bridgehead atoms. The van der Waals surface area contributed by atoms with Crippen molar-refractivity contribution in [3.63, 3.8) is 0 Å². The van der Waals surface area contributed by atoms with Gasteiger partial charge in [0.05, 0.1) is 6.61 Å². The van der Waals surface area contributed by atoms with Crippen molar-refractivity contribution in [2.75, 3.05) is 39.4 Å². The summed E-state index contributed by atoms with van der Waals surface area (Å²) in [4.78, 5) is 2.57. The molecule has 0 aliphatic carbocycles. The minimum Gasteiger partial charge on any atom is -0.380 e. The number of nitrogens with one attached hydrogen (secondary N) is 1. The Labute approximate surface area is 113 Å². The molecule has 0 aromatic rings. The molecule has 1 rings (SSSR count). The van der Waals surface area contributed by atoms with E-state index in [4.69, 9.17) is 4.74 Å². The summed E-state index contributed by atoms with van der Waals surface area (Å²) in [5.74, 6) is 0.830. The number of hydrogen-bond acceptors (Lipinski definition) is 3. The molecule has 1 fully saturated rings. The zero-order valence-corrected chi connectivity index (χ0v) is 12.6. The molecular weight excluding hydrogens is 224 g/mol. The van der Waals surface area contributed by atoms with Gasteiger partial charge in [0.1, 0.15) is 0 Å². The van der Waals surface area contributed by atoms with Crippen molar-refractivity contribution in [3.8, 4) is 0 Å². The summed E-state index contributed by atoms with van der Waals surface area (Å²) in [6.45, 7) is 13.3. The minimum absolute atomic E-state index is 0.627. The van der Waals surface area contributed by atoms with Gasteiger partial charge in [-0.25, -0.2) is 0 Å². The molecule has 0 spiro atoms. The van der Waals surface area contributed by atoms with Gasteiger partial charge < -0.3 is 10.1 Å². The van der Waals surface area contributed by atoms with Crippen LogP contribution in [0.5, 0.6) is 0 Å². The zero-order valence-electron chi connectivity index (χ0n) is 12.6. The lowest BCUT2D eigenvalue weighted by Gasteiger charge is -2.32. The lowest BCUT2D eigenvalue weighted by Crippen LogP contribution is -2.42. The number of hydrogen-bond donors (Lipinski definition) is 1. The van der Waals surface area contributed by atoms with Crippen LogP contribution >= 0.6 is 0 Å². The summed E-state index contributed by atoms with van der Waals surface area (Å²) < 4.78 is 5.69. The van der Waals surface area contributed by atoms with E-state index >= 15 is 0 Å². The summed E-state index contributed by atoms with van der Waals surface area (Å²) >= 11 is 0. The molecule has 3 nitrogen and oxygen atoms in total. The topological polar surface area (TPSA) is 24.5 Å². The highest BCUT2D eigenvalue weighted by Crippen LogP contribution is 2.13. The first-order valence-electron chi connectivity index (χ1n) is 7.76. The predicted octanol–water partition coefficient (Wildman–Crippen LogP) is 2.51. The number of nitrogens with zero attached hydrogens (tertiary/aromatic N) is 1. The molecule has 1 aliphatic heterocycles. The Kier molecular flexibility index (Phi) is 8.64. The van der Waals surface area contributed by atoms with E-state index in [0.29, 0.717) is 6.04 Å². The van der Waals surface area contributed by atoms with E-state index in [0.717, 1.165) is 25.7 Å². The summed E-state index contributed by atoms with van der Waals surface area (Å²) in [6, 6.07) is 0.627. The SMILES string of the molecule is CCCCOCCN(CC1CCCNC1)C(C)C. The van der Waals surface area contributed by atoms with Crippen LogP contribution in [0.2, 0.25) is 0 Å². The minimum atomic E-state index is 0.627. The van der Waals surface area contributed by atoms with Gasteiger partial charge in [-0.05, 0) is 52.1 Å². The molecule has 0 saturated carbocycles. The van der Waals surface area contributed by atoms with Crippen LogP contribution in [0.3, 0.4) is 0 Å². The first-order chi connectivity index (χ1) is 8.74. The van der Waals surface area contributed by atoms with Crippen LogP contribution in [0.1, 0.15) is 46.5 Å². The molecule has 3 heteroatoms. The Hall–Kier alpha value is -0.120. The molecule has 1 N–H and O–H groups in total. The Bertz CT molecular complexity index is 191. The van der Waals surface area contributed by atoms with Crippen molar-refractivity contribution in [2.24, 2.45) is 5.92 Å². The monoisotopic (exact) mass is 256 g/mol. The second-order valence-corrected chi connectivity index (χ2v) is 5.77. The highest BCUT2D eigenvalue weighted by Gasteiger charge is 2.18. The molecule has 0 aromatic heterocycles. The van der Waals surface area contributed by atoms with Crippen molar-refractivity contribution in [2.45, 2.75) is 52.5 Å². The normalized spacial score (nSPS) is 20.8. The quantitative estimate of drug-likeness (QED) is 0.642. The van der Waals surface area contributed by atoms with Gasteiger partial charge in [0.15, 0.2) is 0 Å². The van der Waals surface area contributed by atoms with E-state index in [1.807, 2.05) is 0 Å². The summed E-state index contributed by atoms with van der Waals surface area (Å²) in [6.07, 6.45) is 5.13. The molecule has 1 saturated heterocycles. The van der Waals surface area contributed by atoms with Crippen molar-refractivity contribution < 1.29 is 4.74 Å². The maximum atomic E-state index is 5.69. The number of unbranched alkanes of at least 4 members (excludes halogenated alkanes) is 1. The summed E-state index contributed by atoms with van der Waals surface area (Å²) in [7, 11) is 0. The fraction of sp³-hybridized carbons (Fsp3) is 1.00. The Morgan fingerprint density at radius 1 is 1.33 bits per heavy atom. The molecule has 0 radical (unpaired) electrons. The Morgan fingerprint density at radius 2 is 2.17 bits per heavy atom. The smallest absolute Gasteiger partial charge is 0.0593 e. The molecule has 108 valence electrons. The van der Waals surface area contributed by atoms with E-state index in [-0.39, 0.29) is 0 Å². The average Bonchev–Trinajstić information content (AvgIpc) is 2.38. The van der Waals surface area contributed by atoms with Crippen LogP contribution in [0, 0.1) is 5.92 Å². The van der Waals surface area contributed by atoms with E-state index in [2.05, 4.69) is 31.0 Å². The molecule has 1 atom stereocenters. The molecule has 1 heterocycles. The number of rotatable bonds is 9. The van der Waals surface area contributed by atoms with Crippen LogP contribution in [-0.2, 0) is 4.74 Å². The van der Waals surface area contributed by atoms with Gasteiger partial charge in [0.25, 0.3) is 0 Å². The van der Waals surface area contributed by atoms with E-state index in [1.165, 1.54) is 45.3 Å². The maximum Gasteiger partial charge on any atom is 0.0593 e. The van der Waals surface area contributed by atoms with E-state index in [1.54, 1.807) is 0 Å². The van der Waals surface area contributed by atoms with Gasteiger partial charge in [0, 0.05) is 25.7 Å². The first kappa shape index (κ1) is 15.9. The lowest BCUT2D eigenvalue weighted by atomic mass is 9.98. The van der Waals surface area contributed by atoms with Crippen LogP contribution < -0.4 is 5.32 Å². The van der Waals surface area contributed by atoms with Gasteiger partial charge in [-0.1, -0.05) is 13.3 Å². The second kappa shape index (κ2) is 9.76. The second-order valence-electron chi connectivity index (χ2n) is 5.77. The largest absolute Gasteiger partial charge is 0.380 e. The Morgan fingerprint density at radius 3 is 2.78 bits per heavy atom. The highest BCUT2D eigenvalue weighted by molar-refractivity contribution is 4.74. The molecule has 1 aliphatic rings. The zero-order chi connectivity index (χ0) is 13.2. The van der Waals surface area contributed by atoms with Crippen molar-refractivity contribution in [1.29, 1.82) is 0 Å². The third kappa shape index (κ3) is 6.72. The lowest BCUT2D eigenvalue weighted by molar-refractivity contribution is 0.0806. The van der Waals surface area contributed by atoms with Crippen LogP contribution in [0.15, 0.2) is 0 Å². The van der Waals surface area contributed by atoms with Crippen LogP contribution in [0.25, 0.3) is 0 Å². The van der Waals surface area contributed by atoms with Crippen LogP contribution in [0.4, 0.5) is 0 Å². The standard InChI is InChI=1S/C15H32N2O/c1-4-5-10-18-11-9-17(14(2)3)13-15-7-6-8-16-12-15/h14-16H,4-13H2,1-3H3. The first-order valence-corrected chi connectivity index (χ1v) is 7.76. The van der Waals surface area contributed by atoms with Gasteiger partial charge in [-0.3, -0.25) is 4.90 Å². The molecule has 0 amide bonds. The predicted molar refractivity (Wildman–Crippen MR) is 78.0 cm³/mol. The maximum absolute atomic E-state index is 5.69. The van der Waals surface area contributed by atoms with E-state index in [9.17, 15) is 0 Å².